The Morgan fingerprint density at radius 2 is 1.88 bits per heavy atom. The third-order valence-corrected chi connectivity index (χ3v) is 6.81. The van der Waals surface area contributed by atoms with Gasteiger partial charge in [-0.3, -0.25) is 14.5 Å². The Morgan fingerprint density at radius 1 is 1.12 bits per heavy atom. The van der Waals surface area contributed by atoms with Crippen molar-refractivity contribution < 1.29 is 9.18 Å². The molecule has 0 unspecified atom stereocenters. The summed E-state index contributed by atoms with van der Waals surface area (Å²) in [5, 5.41) is 8.63. The number of carbonyl (C=O) groups excluding carboxylic acids is 1. The van der Waals surface area contributed by atoms with Crippen LogP contribution in [0, 0.1) is 19.7 Å². The van der Waals surface area contributed by atoms with E-state index in [0.29, 0.717) is 17.8 Å². The summed E-state index contributed by atoms with van der Waals surface area (Å²) in [4.78, 5) is 18.5. The number of amides is 1. The smallest absolute Gasteiger partial charge is 0.256 e. The summed E-state index contributed by atoms with van der Waals surface area (Å²) in [5.41, 5.74) is 6.89. The van der Waals surface area contributed by atoms with Crippen molar-refractivity contribution in [1.29, 1.82) is 0 Å². The van der Waals surface area contributed by atoms with Gasteiger partial charge in [-0.25, -0.2) is 4.39 Å². The lowest BCUT2D eigenvalue weighted by atomic mass is 9.89. The van der Waals surface area contributed by atoms with Gasteiger partial charge in [0.2, 0.25) is 0 Å². The fraction of sp³-hybridized carbons (Fsp3) is 0.269. The quantitative estimate of drug-likeness (QED) is 0.362. The summed E-state index contributed by atoms with van der Waals surface area (Å²) in [6, 6.07) is 12.3. The van der Waals surface area contributed by atoms with Crippen molar-refractivity contribution in [2.24, 2.45) is 0 Å². The molecular formula is C26H24BrFN4O. The lowest BCUT2D eigenvalue weighted by Gasteiger charge is -2.20. The molecule has 2 aromatic carbocycles. The molecule has 1 aliphatic carbocycles. The van der Waals surface area contributed by atoms with Crippen molar-refractivity contribution in [2.75, 3.05) is 5.32 Å². The highest BCUT2D eigenvalue weighted by Gasteiger charge is 2.24. The van der Waals surface area contributed by atoms with Crippen LogP contribution in [0.4, 0.5) is 10.1 Å². The zero-order chi connectivity index (χ0) is 23.1. The van der Waals surface area contributed by atoms with Crippen LogP contribution in [0.2, 0.25) is 0 Å². The van der Waals surface area contributed by atoms with Gasteiger partial charge in [-0.1, -0.05) is 28.1 Å². The Morgan fingerprint density at radius 3 is 2.67 bits per heavy atom. The Balaban J connectivity index is 1.52. The van der Waals surface area contributed by atoms with E-state index in [9.17, 15) is 9.18 Å². The van der Waals surface area contributed by atoms with E-state index in [-0.39, 0.29) is 11.7 Å². The number of halogens is 2. The molecule has 0 bridgehead atoms. The molecule has 4 aromatic rings. The van der Waals surface area contributed by atoms with Crippen LogP contribution in [0.3, 0.4) is 0 Å². The van der Waals surface area contributed by atoms with Gasteiger partial charge in [-0.05, 0) is 81.0 Å². The van der Waals surface area contributed by atoms with E-state index in [2.05, 4.69) is 26.3 Å². The zero-order valence-corrected chi connectivity index (χ0v) is 20.2. The minimum Gasteiger partial charge on any atom is -0.319 e. The number of carbonyl (C=O) groups is 1. The maximum absolute atomic E-state index is 13.7. The highest BCUT2D eigenvalue weighted by Crippen LogP contribution is 2.32. The Kier molecular flexibility index (Phi) is 5.74. The molecule has 0 saturated carbocycles. The molecule has 0 fully saturated rings. The van der Waals surface area contributed by atoms with Crippen LogP contribution >= 0.6 is 15.9 Å². The Hall–Kier alpha value is -3.06. The van der Waals surface area contributed by atoms with Gasteiger partial charge in [-0.2, -0.15) is 5.10 Å². The van der Waals surface area contributed by atoms with Crippen LogP contribution < -0.4 is 5.32 Å². The third kappa shape index (κ3) is 4.17. The fourth-order valence-electron chi connectivity index (χ4n) is 4.63. The lowest BCUT2D eigenvalue weighted by Crippen LogP contribution is -2.19. The zero-order valence-electron chi connectivity index (χ0n) is 18.6. The molecule has 0 saturated heterocycles. The predicted octanol–water partition coefficient (Wildman–Crippen LogP) is 6.13. The second kappa shape index (κ2) is 8.71. The van der Waals surface area contributed by atoms with Gasteiger partial charge < -0.3 is 5.32 Å². The number of aryl methyl sites for hydroxylation is 2. The molecule has 7 heteroatoms. The predicted molar refractivity (Wildman–Crippen MR) is 131 cm³/mol. The van der Waals surface area contributed by atoms with Crippen molar-refractivity contribution in [2.45, 2.75) is 46.1 Å². The fourth-order valence-corrected chi connectivity index (χ4v) is 4.99. The number of hydrogen-bond donors (Lipinski definition) is 1. The molecule has 5 nitrogen and oxygen atoms in total. The minimum atomic E-state index is -0.264. The molecule has 1 aliphatic rings. The van der Waals surface area contributed by atoms with Crippen molar-refractivity contribution in [3.05, 3.63) is 86.5 Å². The number of anilines is 1. The summed E-state index contributed by atoms with van der Waals surface area (Å²) in [6.45, 7) is 4.33. The van der Waals surface area contributed by atoms with E-state index in [1.807, 2.05) is 36.7 Å². The van der Waals surface area contributed by atoms with Crippen LogP contribution in [0.5, 0.6) is 0 Å². The van der Waals surface area contributed by atoms with E-state index < -0.39 is 0 Å². The van der Waals surface area contributed by atoms with Gasteiger partial charge >= 0.3 is 0 Å². The standard InChI is InChI=1S/C26H24BrFN4O/c1-15-25(16(2)32(31-15)14-17-7-10-19(28)11-8-17)30-26(33)24-20-5-3-4-6-22(20)29-23-12-9-18(27)13-21(23)24/h7-13H,3-6,14H2,1-2H3,(H,30,33). The molecule has 0 aliphatic heterocycles. The summed E-state index contributed by atoms with van der Waals surface area (Å²) in [6.07, 6.45) is 3.91. The van der Waals surface area contributed by atoms with E-state index >= 15 is 0 Å². The number of nitrogens with one attached hydrogen (secondary N) is 1. The van der Waals surface area contributed by atoms with Crippen LogP contribution in [0.1, 0.15) is 51.4 Å². The molecule has 1 N–H and O–H groups in total. The van der Waals surface area contributed by atoms with Crippen LogP contribution in [0.15, 0.2) is 46.9 Å². The molecule has 2 heterocycles. The molecule has 2 aromatic heterocycles. The SMILES string of the molecule is Cc1nn(Cc2ccc(F)cc2)c(C)c1NC(=O)c1c2c(nc3ccc(Br)cc13)CCCC2. The summed E-state index contributed by atoms with van der Waals surface area (Å²) in [7, 11) is 0. The molecule has 5 rings (SSSR count). The number of benzene rings is 2. The van der Waals surface area contributed by atoms with Crippen LogP contribution in [-0.4, -0.2) is 20.7 Å². The lowest BCUT2D eigenvalue weighted by molar-refractivity contribution is 0.102. The first-order valence-electron chi connectivity index (χ1n) is 11.1. The molecule has 0 spiro atoms. The number of nitrogens with zero attached hydrogens (tertiary/aromatic N) is 3. The van der Waals surface area contributed by atoms with Crippen molar-refractivity contribution >= 4 is 38.4 Å². The molecular weight excluding hydrogens is 483 g/mol. The number of pyridine rings is 1. The second-order valence-electron chi connectivity index (χ2n) is 8.56. The van der Waals surface area contributed by atoms with Gasteiger partial charge in [0.05, 0.1) is 34.7 Å². The molecule has 1 amide bonds. The highest BCUT2D eigenvalue weighted by atomic mass is 79.9. The number of rotatable bonds is 4. The number of fused-ring (bicyclic) bond motifs is 2. The van der Waals surface area contributed by atoms with Gasteiger partial charge in [0.15, 0.2) is 0 Å². The van der Waals surface area contributed by atoms with E-state index in [1.165, 1.54) is 12.1 Å². The van der Waals surface area contributed by atoms with E-state index in [4.69, 9.17) is 4.98 Å². The summed E-state index contributed by atoms with van der Waals surface area (Å²) in [5.74, 6) is -0.397. The largest absolute Gasteiger partial charge is 0.319 e. The Bertz CT molecular complexity index is 1380. The van der Waals surface area contributed by atoms with E-state index in [0.717, 1.165) is 69.3 Å². The minimum absolute atomic E-state index is 0.133. The monoisotopic (exact) mass is 506 g/mol. The van der Waals surface area contributed by atoms with Crippen LogP contribution in [0.25, 0.3) is 10.9 Å². The Labute approximate surface area is 200 Å². The van der Waals surface area contributed by atoms with Gasteiger partial charge in [0, 0.05) is 15.6 Å². The normalized spacial score (nSPS) is 13.2. The van der Waals surface area contributed by atoms with Crippen molar-refractivity contribution in [1.82, 2.24) is 14.8 Å². The molecule has 0 radical (unpaired) electrons. The van der Waals surface area contributed by atoms with Crippen molar-refractivity contribution in [3.8, 4) is 0 Å². The maximum Gasteiger partial charge on any atom is 0.256 e. The first-order valence-corrected chi connectivity index (χ1v) is 11.9. The van der Waals surface area contributed by atoms with Gasteiger partial charge in [-0.15, -0.1) is 0 Å². The second-order valence-corrected chi connectivity index (χ2v) is 9.48. The summed E-state index contributed by atoms with van der Waals surface area (Å²) < 4.78 is 16.0. The topological polar surface area (TPSA) is 59.8 Å². The molecule has 33 heavy (non-hydrogen) atoms. The average Bonchev–Trinajstić information content (AvgIpc) is 3.06. The summed E-state index contributed by atoms with van der Waals surface area (Å²) >= 11 is 3.54. The first-order chi connectivity index (χ1) is 15.9. The number of aromatic nitrogens is 3. The van der Waals surface area contributed by atoms with Gasteiger partial charge in [0.25, 0.3) is 5.91 Å². The van der Waals surface area contributed by atoms with Gasteiger partial charge in [0.1, 0.15) is 5.82 Å². The first kappa shape index (κ1) is 21.8. The highest BCUT2D eigenvalue weighted by molar-refractivity contribution is 9.10. The molecule has 0 atom stereocenters. The maximum atomic E-state index is 13.7. The number of hydrogen-bond acceptors (Lipinski definition) is 3. The van der Waals surface area contributed by atoms with Crippen LogP contribution in [-0.2, 0) is 19.4 Å². The molecule has 168 valence electrons. The van der Waals surface area contributed by atoms with E-state index in [1.54, 1.807) is 12.1 Å². The van der Waals surface area contributed by atoms with Crippen molar-refractivity contribution in [3.63, 3.8) is 0 Å². The average molecular weight is 507 g/mol. The third-order valence-electron chi connectivity index (χ3n) is 6.32.